The van der Waals surface area contributed by atoms with Crippen LogP contribution in [0.15, 0.2) is 24.3 Å². The van der Waals surface area contributed by atoms with Crippen molar-refractivity contribution in [3.63, 3.8) is 0 Å². The van der Waals surface area contributed by atoms with E-state index in [1.807, 2.05) is 24.3 Å². The van der Waals surface area contributed by atoms with Crippen LogP contribution >= 0.6 is 0 Å². The van der Waals surface area contributed by atoms with Crippen molar-refractivity contribution in [3.05, 3.63) is 29.8 Å². The maximum absolute atomic E-state index is 12.6. The van der Waals surface area contributed by atoms with Gasteiger partial charge < -0.3 is 9.47 Å². The molecule has 0 spiro atoms. The summed E-state index contributed by atoms with van der Waals surface area (Å²) in [5, 5.41) is 0. The van der Waals surface area contributed by atoms with Crippen LogP contribution in [0.2, 0.25) is 0 Å². The predicted octanol–water partition coefficient (Wildman–Crippen LogP) is 3.03. The van der Waals surface area contributed by atoms with Crippen LogP contribution in [0.5, 0.6) is 5.75 Å². The fraction of sp³-hybridized carbons (Fsp3) is 0.529. The summed E-state index contributed by atoms with van der Waals surface area (Å²) in [6.45, 7) is 2.11. The number of carbonyl (C=O) groups is 2. The third-order valence-corrected chi connectivity index (χ3v) is 4.16. The Bertz CT molecular complexity index is 523. The van der Waals surface area contributed by atoms with Crippen molar-refractivity contribution >= 4 is 11.8 Å². The molecule has 1 aliphatic carbocycles. The Morgan fingerprint density at radius 2 is 2.14 bits per heavy atom. The van der Waals surface area contributed by atoms with Crippen LogP contribution in [-0.4, -0.2) is 25.5 Å². The summed E-state index contributed by atoms with van der Waals surface area (Å²) in [6, 6.07) is 7.48. The molecule has 1 atom stereocenters. The average molecular weight is 290 g/mol. The zero-order valence-corrected chi connectivity index (χ0v) is 12.7. The first-order valence-corrected chi connectivity index (χ1v) is 7.46. The van der Waals surface area contributed by atoms with Gasteiger partial charge in [0.05, 0.1) is 25.6 Å². The number of methoxy groups -OCH3 is 1. The van der Waals surface area contributed by atoms with Gasteiger partial charge in [-0.2, -0.15) is 0 Å². The molecule has 1 aromatic rings. The van der Waals surface area contributed by atoms with E-state index in [1.165, 1.54) is 0 Å². The molecule has 0 aromatic heterocycles. The Morgan fingerprint density at radius 3 is 2.81 bits per heavy atom. The monoisotopic (exact) mass is 290 g/mol. The number of benzene rings is 1. The number of carbonyl (C=O) groups excluding carboxylic acids is 2. The lowest BCUT2D eigenvalue weighted by atomic mass is 9.66. The minimum atomic E-state index is -0.751. The molecule has 1 fully saturated rings. The van der Waals surface area contributed by atoms with E-state index in [1.54, 1.807) is 14.0 Å². The highest BCUT2D eigenvalue weighted by Gasteiger charge is 2.43. The summed E-state index contributed by atoms with van der Waals surface area (Å²) in [5.41, 5.74) is 0.110. The number of esters is 1. The smallest absolute Gasteiger partial charge is 0.307 e. The molecule has 0 N–H and O–H groups in total. The number of rotatable bonds is 5. The summed E-state index contributed by atoms with van der Waals surface area (Å²) in [6.07, 6.45) is 3.18. The van der Waals surface area contributed by atoms with E-state index in [4.69, 9.17) is 9.47 Å². The molecule has 114 valence electrons. The topological polar surface area (TPSA) is 52.6 Å². The lowest BCUT2D eigenvalue weighted by molar-refractivity contribution is -0.147. The summed E-state index contributed by atoms with van der Waals surface area (Å²) in [7, 11) is 1.60. The minimum absolute atomic E-state index is 0.118. The fourth-order valence-corrected chi connectivity index (χ4v) is 3.06. The highest BCUT2D eigenvalue weighted by atomic mass is 16.5. The molecule has 21 heavy (non-hydrogen) atoms. The molecule has 0 bridgehead atoms. The summed E-state index contributed by atoms with van der Waals surface area (Å²) in [5.74, 6) is 0.528. The van der Waals surface area contributed by atoms with Crippen LogP contribution in [0.1, 0.15) is 44.6 Å². The predicted molar refractivity (Wildman–Crippen MR) is 79.4 cm³/mol. The molecule has 4 nitrogen and oxygen atoms in total. The molecule has 1 aliphatic rings. The molecular weight excluding hydrogens is 268 g/mol. The molecule has 0 amide bonds. The highest BCUT2D eigenvalue weighted by molar-refractivity contribution is 5.94. The van der Waals surface area contributed by atoms with Crippen LogP contribution in [0, 0.1) is 0 Å². The van der Waals surface area contributed by atoms with Crippen molar-refractivity contribution in [1.82, 2.24) is 0 Å². The van der Waals surface area contributed by atoms with E-state index in [-0.39, 0.29) is 18.2 Å². The number of ether oxygens (including phenoxy) is 2. The van der Waals surface area contributed by atoms with Gasteiger partial charge in [-0.15, -0.1) is 0 Å². The van der Waals surface area contributed by atoms with E-state index >= 15 is 0 Å². The lowest BCUT2D eigenvalue weighted by Gasteiger charge is -2.35. The van der Waals surface area contributed by atoms with E-state index in [9.17, 15) is 9.59 Å². The molecule has 4 heteroatoms. The highest BCUT2D eigenvalue weighted by Crippen LogP contribution is 2.41. The summed E-state index contributed by atoms with van der Waals surface area (Å²) in [4.78, 5) is 24.6. The molecule has 0 saturated heterocycles. The Hall–Kier alpha value is -1.84. The molecule has 0 radical (unpaired) electrons. The molecular formula is C17H22O4. The number of Topliss-reactive ketones (excluding diaryl/α,β-unsaturated/α-hetero) is 1. The number of hydrogen-bond donors (Lipinski definition) is 0. The van der Waals surface area contributed by atoms with Gasteiger partial charge in [0.25, 0.3) is 0 Å². The van der Waals surface area contributed by atoms with E-state index in [0.29, 0.717) is 25.2 Å². The maximum atomic E-state index is 12.6. The molecule has 0 aliphatic heterocycles. The van der Waals surface area contributed by atoms with E-state index < -0.39 is 5.41 Å². The Kier molecular flexibility index (Phi) is 4.99. The average Bonchev–Trinajstić information content (AvgIpc) is 2.50. The first-order chi connectivity index (χ1) is 10.1. The van der Waals surface area contributed by atoms with Gasteiger partial charge in [-0.25, -0.2) is 0 Å². The quantitative estimate of drug-likeness (QED) is 0.782. The zero-order valence-electron chi connectivity index (χ0n) is 12.7. The van der Waals surface area contributed by atoms with Crippen molar-refractivity contribution in [3.8, 4) is 5.75 Å². The third-order valence-electron chi connectivity index (χ3n) is 4.16. The van der Waals surface area contributed by atoms with Gasteiger partial charge in [0.15, 0.2) is 0 Å². The van der Waals surface area contributed by atoms with Gasteiger partial charge in [-0.05, 0) is 37.5 Å². The fourth-order valence-electron chi connectivity index (χ4n) is 3.06. The number of ketones is 1. The Morgan fingerprint density at radius 1 is 1.33 bits per heavy atom. The second-order valence-electron chi connectivity index (χ2n) is 5.43. The van der Waals surface area contributed by atoms with Gasteiger partial charge in [0.2, 0.25) is 0 Å². The molecule has 1 saturated carbocycles. The zero-order chi connectivity index (χ0) is 15.3. The first-order valence-electron chi connectivity index (χ1n) is 7.46. The third kappa shape index (κ3) is 3.26. The second kappa shape index (κ2) is 6.74. The normalized spacial score (nSPS) is 21.9. The van der Waals surface area contributed by atoms with E-state index in [0.717, 1.165) is 18.4 Å². The summed E-state index contributed by atoms with van der Waals surface area (Å²) < 4.78 is 10.3. The van der Waals surface area contributed by atoms with Gasteiger partial charge in [0.1, 0.15) is 11.5 Å². The molecule has 0 unspecified atom stereocenters. The summed E-state index contributed by atoms with van der Waals surface area (Å²) >= 11 is 0. The van der Waals surface area contributed by atoms with Crippen LogP contribution in [0.3, 0.4) is 0 Å². The van der Waals surface area contributed by atoms with Crippen molar-refractivity contribution < 1.29 is 19.1 Å². The molecule has 2 rings (SSSR count). The van der Waals surface area contributed by atoms with Gasteiger partial charge in [-0.1, -0.05) is 18.6 Å². The molecule has 0 heterocycles. The maximum Gasteiger partial charge on any atom is 0.307 e. The largest absolute Gasteiger partial charge is 0.497 e. The van der Waals surface area contributed by atoms with Crippen LogP contribution in [0.25, 0.3) is 0 Å². The van der Waals surface area contributed by atoms with E-state index in [2.05, 4.69) is 0 Å². The van der Waals surface area contributed by atoms with Crippen molar-refractivity contribution in [2.75, 3.05) is 13.7 Å². The standard InChI is InChI=1S/C17H22O4/c1-3-21-16(19)12-17(10-5-4-9-15(17)18)13-7-6-8-14(11-13)20-2/h6-8,11H,3-5,9-10,12H2,1-2H3/t17-/m0/s1. The van der Waals surface area contributed by atoms with Crippen molar-refractivity contribution in [1.29, 1.82) is 0 Å². The van der Waals surface area contributed by atoms with Crippen molar-refractivity contribution in [2.45, 2.75) is 44.4 Å². The van der Waals surface area contributed by atoms with Crippen LogP contribution in [-0.2, 0) is 19.7 Å². The SMILES string of the molecule is CCOC(=O)C[C@]1(c2cccc(OC)c2)CCCCC1=O. The van der Waals surface area contributed by atoms with Gasteiger partial charge in [0, 0.05) is 6.42 Å². The minimum Gasteiger partial charge on any atom is -0.497 e. The van der Waals surface area contributed by atoms with Gasteiger partial charge in [-0.3, -0.25) is 9.59 Å². The lowest BCUT2D eigenvalue weighted by Crippen LogP contribution is -2.41. The van der Waals surface area contributed by atoms with Crippen LogP contribution in [0.4, 0.5) is 0 Å². The second-order valence-corrected chi connectivity index (χ2v) is 5.43. The first kappa shape index (κ1) is 15.5. The number of hydrogen-bond acceptors (Lipinski definition) is 4. The van der Waals surface area contributed by atoms with Crippen LogP contribution < -0.4 is 4.74 Å². The Balaban J connectivity index is 2.39. The molecule has 1 aromatic carbocycles. The Labute approximate surface area is 125 Å². The van der Waals surface area contributed by atoms with Gasteiger partial charge >= 0.3 is 5.97 Å². The van der Waals surface area contributed by atoms with Crippen molar-refractivity contribution in [2.24, 2.45) is 0 Å².